The van der Waals surface area contributed by atoms with E-state index in [4.69, 9.17) is 0 Å². The van der Waals surface area contributed by atoms with Gasteiger partial charge in [0.25, 0.3) is 5.91 Å². The summed E-state index contributed by atoms with van der Waals surface area (Å²) in [6.45, 7) is 5.36. The maximum atomic E-state index is 12.3. The molecule has 5 nitrogen and oxygen atoms in total. The molecule has 21 heavy (non-hydrogen) atoms. The predicted molar refractivity (Wildman–Crippen MR) is 85.7 cm³/mol. The van der Waals surface area contributed by atoms with Crippen molar-refractivity contribution in [2.75, 3.05) is 20.6 Å². The van der Waals surface area contributed by atoms with Crippen LogP contribution in [0, 0.1) is 6.92 Å². The van der Waals surface area contributed by atoms with E-state index in [0.29, 0.717) is 18.8 Å². The third-order valence-electron chi connectivity index (χ3n) is 3.53. The third kappa shape index (κ3) is 3.51. The predicted octanol–water partition coefficient (Wildman–Crippen LogP) is 2.31. The Balaban J connectivity index is 2.06. The van der Waals surface area contributed by atoms with Gasteiger partial charge >= 0.3 is 0 Å². The Morgan fingerprint density at radius 2 is 2.24 bits per heavy atom. The Kier molecular flexibility index (Phi) is 5.14. The molecule has 0 aromatic carbocycles. The molecule has 1 N–H and O–H groups in total. The Bertz CT molecular complexity index is 602. The zero-order valence-corrected chi connectivity index (χ0v) is 13.8. The number of rotatable bonds is 6. The molecular formula is C15H22N4OS. The van der Waals surface area contributed by atoms with Crippen molar-refractivity contribution in [2.45, 2.75) is 26.4 Å². The maximum Gasteiger partial charge on any atom is 0.269 e. The van der Waals surface area contributed by atoms with Crippen LogP contribution in [0.1, 0.15) is 33.9 Å². The topological polar surface area (TPSA) is 50.2 Å². The number of nitrogens with zero attached hydrogens (tertiary/aromatic N) is 3. The summed E-state index contributed by atoms with van der Waals surface area (Å²) in [5.41, 5.74) is 1.88. The van der Waals surface area contributed by atoms with Crippen LogP contribution in [0.15, 0.2) is 23.7 Å². The van der Waals surface area contributed by atoms with Gasteiger partial charge in [-0.25, -0.2) is 0 Å². The molecule has 0 unspecified atom stereocenters. The van der Waals surface area contributed by atoms with Gasteiger partial charge in [-0.15, -0.1) is 11.3 Å². The van der Waals surface area contributed by atoms with Gasteiger partial charge in [0.2, 0.25) is 0 Å². The van der Waals surface area contributed by atoms with Gasteiger partial charge in [0.05, 0.1) is 6.04 Å². The number of thiophene rings is 1. The van der Waals surface area contributed by atoms with Gasteiger partial charge in [0.1, 0.15) is 5.69 Å². The summed E-state index contributed by atoms with van der Waals surface area (Å²) in [6, 6.07) is 4.05. The first kappa shape index (κ1) is 15.7. The quantitative estimate of drug-likeness (QED) is 0.891. The minimum Gasteiger partial charge on any atom is -0.349 e. The number of aryl methyl sites for hydroxylation is 2. The van der Waals surface area contributed by atoms with Crippen LogP contribution in [0.3, 0.4) is 0 Å². The van der Waals surface area contributed by atoms with E-state index in [1.54, 1.807) is 28.3 Å². The van der Waals surface area contributed by atoms with Crippen LogP contribution in [0.4, 0.5) is 0 Å². The molecule has 0 spiro atoms. The molecule has 0 aliphatic carbocycles. The summed E-state index contributed by atoms with van der Waals surface area (Å²) < 4.78 is 1.70. The van der Waals surface area contributed by atoms with Crippen molar-refractivity contribution in [3.05, 3.63) is 39.8 Å². The van der Waals surface area contributed by atoms with E-state index < -0.39 is 0 Å². The number of aromatic nitrogens is 2. The molecule has 0 aliphatic rings. The summed E-state index contributed by atoms with van der Waals surface area (Å²) in [4.78, 5) is 15.7. The van der Waals surface area contributed by atoms with Gasteiger partial charge in [0.15, 0.2) is 0 Å². The van der Waals surface area contributed by atoms with Gasteiger partial charge in [-0.2, -0.15) is 5.10 Å². The molecule has 1 atom stereocenters. The normalized spacial score (nSPS) is 12.6. The first-order chi connectivity index (χ1) is 10.0. The summed E-state index contributed by atoms with van der Waals surface area (Å²) in [5.74, 6) is -0.0737. The first-order valence-corrected chi connectivity index (χ1v) is 7.93. The van der Waals surface area contributed by atoms with Gasteiger partial charge < -0.3 is 10.2 Å². The number of amides is 1. The molecule has 0 radical (unpaired) electrons. The number of carbonyl (C=O) groups excluding carboxylic acids is 1. The zero-order chi connectivity index (χ0) is 15.4. The molecule has 2 aromatic heterocycles. The SMILES string of the molecule is CCn1nccc1C(=O)NC[C@H](c1sccc1C)N(C)C. The minimum absolute atomic E-state index is 0.0737. The molecule has 114 valence electrons. The highest BCUT2D eigenvalue weighted by Gasteiger charge is 2.19. The van der Waals surface area contributed by atoms with E-state index in [1.165, 1.54) is 10.4 Å². The van der Waals surface area contributed by atoms with Crippen molar-refractivity contribution in [3.63, 3.8) is 0 Å². The number of carbonyl (C=O) groups is 1. The van der Waals surface area contributed by atoms with Gasteiger partial charge in [-0.05, 0) is 51.0 Å². The Morgan fingerprint density at radius 3 is 2.81 bits per heavy atom. The molecule has 2 heterocycles. The molecular weight excluding hydrogens is 284 g/mol. The van der Waals surface area contributed by atoms with Crippen LogP contribution in [0.5, 0.6) is 0 Å². The smallest absolute Gasteiger partial charge is 0.269 e. The third-order valence-corrected chi connectivity index (χ3v) is 4.65. The van der Waals surface area contributed by atoms with Crippen LogP contribution >= 0.6 is 11.3 Å². The van der Waals surface area contributed by atoms with Crippen LogP contribution < -0.4 is 5.32 Å². The van der Waals surface area contributed by atoms with Crippen molar-refractivity contribution in [3.8, 4) is 0 Å². The highest BCUT2D eigenvalue weighted by atomic mass is 32.1. The fourth-order valence-corrected chi connectivity index (χ4v) is 3.42. The summed E-state index contributed by atoms with van der Waals surface area (Å²) in [6.07, 6.45) is 1.66. The summed E-state index contributed by atoms with van der Waals surface area (Å²) in [7, 11) is 4.07. The number of hydrogen-bond donors (Lipinski definition) is 1. The fourth-order valence-electron chi connectivity index (χ4n) is 2.29. The maximum absolute atomic E-state index is 12.3. The van der Waals surface area contributed by atoms with E-state index in [2.05, 4.69) is 33.7 Å². The minimum atomic E-state index is -0.0737. The fraction of sp³-hybridized carbons (Fsp3) is 0.467. The average molecular weight is 306 g/mol. The summed E-state index contributed by atoms with van der Waals surface area (Å²) >= 11 is 1.73. The molecule has 0 bridgehead atoms. The molecule has 0 saturated heterocycles. The van der Waals surface area contributed by atoms with Crippen LogP contribution in [0.25, 0.3) is 0 Å². The van der Waals surface area contributed by atoms with Gasteiger partial charge in [-0.3, -0.25) is 9.48 Å². The van der Waals surface area contributed by atoms with E-state index in [0.717, 1.165) is 0 Å². The molecule has 1 amide bonds. The molecule has 0 fully saturated rings. The first-order valence-electron chi connectivity index (χ1n) is 7.05. The largest absolute Gasteiger partial charge is 0.349 e. The highest BCUT2D eigenvalue weighted by molar-refractivity contribution is 7.10. The average Bonchev–Trinajstić information content (AvgIpc) is 3.07. The van der Waals surface area contributed by atoms with Crippen molar-refractivity contribution < 1.29 is 4.79 Å². The van der Waals surface area contributed by atoms with E-state index in [9.17, 15) is 4.79 Å². The Morgan fingerprint density at radius 1 is 1.48 bits per heavy atom. The van der Waals surface area contributed by atoms with Gasteiger partial charge in [-0.1, -0.05) is 0 Å². The lowest BCUT2D eigenvalue weighted by atomic mass is 10.1. The monoisotopic (exact) mass is 306 g/mol. The Hall–Kier alpha value is -1.66. The van der Waals surface area contributed by atoms with Crippen LogP contribution in [0.2, 0.25) is 0 Å². The second kappa shape index (κ2) is 6.87. The van der Waals surface area contributed by atoms with Gasteiger partial charge in [0, 0.05) is 24.2 Å². The molecule has 0 saturated carbocycles. The van der Waals surface area contributed by atoms with Crippen molar-refractivity contribution in [1.82, 2.24) is 20.0 Å². The van der Waals surface area contributed by atoms with Crippen LogP contribution in [-0.4, -0.2) is 41.2 Å². The van der Waals surface area contributed by atoms with Crippen molar-refractivity contribution >= 4 is 17.2 Å². The molecule has 2 aromatic rings. The van der Waals surface area contributed by atoms with E-state index in [-0.39, 0.29) is 11.9 Å². The van der Waals surface area contributed by atoms with Crippen LogP contribution in [-0.2, 0) is 6.54 Å². The van der Waals surface area contributed by atoms with Crippen molar-refractivity contribution in [1.29, 1.82) is 0 Å². The lowest BCUT2D eigenvalue weighted by Crippen LogP contribution is -2.35. The number of nitrogens with one attached hydrogen (secondary N) is 1. The Labute approximate surface area is 129 Å². The summed E-state index contributed by atoms with van der Waals surface area (Å²) in [5, 5.41) is 9.24. The lowest BCUT2D eigenvalue weighted by molar-refractivity contribution is 0.0931. The van der Waals surface area contributed by atoms with E-state index >= 15 is 0 Å². The zero-order valence-electron chi connectivity index (χ0n) is 13.0. The van der Waals surface area contributed by atoms with Crippen molar-refractivity contribution in [2.24, 2.45) is 0 Å². The number of likely N-dealkylation sites (N-methyl/N-ethyl adjacent to an activating group) is 1. The lowest BCUT2D eigenvalue weighted by Gasteiger charge is -2.24. The highest BCUT2D eigenvalue weighted by Crippen LogP contribution is 2.26. The molecule has 6 heteroatoms. The second-order valence-electron chi connectivity index (χ2n) is 5.19. The molecule has 0 aliphatic heterocycles. The number of hydrogen-bond acceptors (Lipinski definition) is 4. The second-order valence-corrected chi connectivity index (χ2v) is 6.14. The standard InChI is InChI=1S/C15H22N4OS/c1-5-19-12(6-8-17-19)15(20)16-10-13(18(3)4)14-11(2)7-9-21-14/h6-9,13H,5,10H2,1-4H3,(H,16,20)/t13-/m1/s1. The molecule has 2 rings (SSSR count). The van der Waals surface area contributed by atoms with E-state index in [1.807, 2.05) is 21.0 Å².